The van der Waals surface area contributed by atoms with E-state index in [0.29, 0.717) is 28.4 Å². The zero-order chi connectivity index (χ0) is 22.2. The minimum absolute atomic E-state index is 0.0363. The Hall–Kier alpha value is -4.06. The van der Waals surface area contributed by atoms with Gasteiger partial charge in [0.2, 0.25) is 5.91 Å². The number of carbonyl (C=O) groups is 2. The summed E-state index contributed by atoms with van der Waals surface area (Å²) >= 11 is 0. The molecule has 158 valence electrons. The quantitative estimate of drug-likeness (QED) is 0.502. The molecule has 1 fully saturated rings. The van der Waals surface area contributed by atoms with Crippen molar-refractivity contribution in [2.24, 2.45) is 5.73 Å². The van der Waals surface area contributed by atoms with Crippen molar-refractivity contribution in [1.82, 2.24) is 15.5 Å². The fourth-order valence-electron chi connectivity index (χ4n) is 3.93. The molecule has 6 heteroatoms. The molecule has 0 saturated heterocycles. The molecule has 0 radical (unpaired) electrons. The van der Waals surface area contributed by atoms with Crippen molar-refractivity contribution in [3.63, 3.8) is 0 Å². The van der Waals surface area contributed by atoms with Gasteiger partial charge in [-0.25, -0.2) is 0 Å². The third-order valence-corrected chi connectivity index (χ3v) is 5.83. The molecule has 0 spiro atoms. The lowest BCUT2D eigenvalue weighted by Gasteiger charge is -2.12. The zero-order valence-electron chi connectivity index (χ0n) is 17.6. The van der Waals surface area contributed by atoms with Crippen LogP contribution in [0.25, 0.3) is 33.2 Å². The number of nitrogens with zero attached hydrogens (tertiary/aromatic N) is 2. The van der Waals surface area contributed by atoms with Crippen molar-refractivity contribution in [3.05, 3.63) is 83.6 Å². The Labute approximate surface area is 185 Å². The highest BCUT2D eigenvalue weighted by atomic mass is 16.2. The van der Waals surface area contributed by atoms with Gasteiger partial charge in [-0.3, -0.25) is 9.59 Å². The fraction of sp³-hybridized carbons (Fsp3) is 0.154. The largest absolute Gasteiger partial charge is 0.366 e. The Balaban J connectivity index is 1.58. The van der Waals surface area contributed by atoms with E-state index in [1.165, 1.54) is 0 Å². The molecule has 2 amide bonds. The summed E-state index contributed by atoms with van der Waals surface area (Å²) in [5.74, 6) is -0.543. The van der Waals surface area contributed by atoms with Gasteiger partial charge in [-0.1, -0.05) is 36.4 Å². The van der Waals surface area contributed by atoms with Crippen LogP contribution in [0.1, 0.15) is 39.1 Å². The number of hydrogen-bond acceptors (Lipinski definition) is 4. The van der Waals surface area contributed by atoms with Crippen LogP contribution < -0.4 is 11.1 Å². The predicted octanol–water partition coefficient (Wildman–Crippen LogP) is 4.26. The van der Waals surface area contributed by atoms with Crippen molar-refractivity contribution in [1.29, 1.82) is 0 Å². The Morgan fingerprint density at radius 1 is 1.00 bits per heavy atom. The van der Waals surface area contributed by atoms with Gasteiger partial charge in [0.25, 0.3) is 5.91 Å². The van der Waals surface area contributed by atoms with Crippen LogP contribution in [-0.4, -0.2) is 28.1 Å². The first-order chi connectivity index (χ1) is 15.5. The maximum Gasteiger partial charge on any atom is 0.251 e. The van der Waals surface area contributed by atoms with Crippen LogP contribution in [0.3, 0.4) is 0 Å². The summed E-state index contributed by atoms with van der Waals surface area (Å²) in [7, 11) is 0. The van der Waals surface area contributed by atoms with E-state index in [0.717, 1.165) is 40.3 Å². The van der Waals surface area contributed by atoms with E-state index in [1.54, 1.807) is 18.3 Å². The summed E-state index contributed by atoms with van der Waals surface area (Å²) in [5, 5.41) is 13.3. The van der Waals surface area contributed by atoms with Crippen molar-refractivity contribution >= 4 is 22.6 Å². The number of rotatable bonds is 5. The van der Waals surface area contributed by atoms with Gasteiger partial charge in [0.05, 0.1) is 6.20 Å². The van der Waals surface area contributed by atoms with Crippen LogP contribution in [0.2, 0.25) is 0 Å². The lowest BCUT2D eigenvalue weighted by atomic mass is 9.94. The van der Waals surface area contributed by atoms with Crippen LogP contribution in [0.15, 0.2) is 66.9 Å². The molecule has 4 aromatic rings. The van der Waals surface area contributed by atoms with E-state index in [2.05, 4.69) is 15.5 Å². The minimum atomic E-state index is -0.507. The molecule has 6 nitrogen and oxygen atoms in total. The Morgan fingerprint density at radius 2 is 1.81 bits per heavy atom. The van der Waals surface area contributed by atoms with Gasteiger partial charge in [-0.05, 0) is 60.7 Å². The van der Waals surface area contributed by atoms with E-state index in [4.69, 9.17) is 5.73 Å². The first-order valence-corrected chi connectivity index (χ1v) is 10.6. The summed E-state index contributed by atoms with van der Waals surface area (Å²) in [6.45, 7) is 2.03. The maximum absolute atomic E-state index is 12.5. The number of benzene rings is 3. The summed E-state index contributed by atoms with van der Waals surface area (Å²) in [4.78, 5) is 24.4. The number of carbonyl (C=O) groups excluding carboxylic acids is 2. The molecular weight excluding hydrogens is 400 g/mol. The second-order valence-corrected chi connectivity index (χ2v) is 8.18. The third kappa shape index (κ3) is 3.71. The van der Waals surface area contributed by atoms with Crippen molar-refractivity contribution in [2.75, 3.05) is 0 Å². The second-order valence-electron chi connectivity index (χ2n) is 8.18. The average molecular weight is 422 g/mol. The normalized spacial score (nSPS) is 13.2. The number of hydrogen-bond donors (Lipinski definition) is 2. The predicted molar refractivity (Wildman–Crippen MR) is 124 cm³/mol. The van der Waals surface area contributed by atoms with Gasteiger partial charge in [0.15, 0.2) is 0 Å². The number of fused-ring (bicyclic) bond motifs is 1. The summed E-state index contributed by atoms with van der Waals surface area (Å²) in [6, 6.07) is 19.2. The Kier molecular flexibility index (Phi) is 4.90. The van der Waals surface area contributed by atoms with Gasteiger partial charge in [-0.2, -0.15) is 5.10 Å². The number of nitrogens with two attached hydrogens (primary N) is 1. The maximum atomic E-state index is 12.5. The van der Waals surface area contributed by atoms with Crippen molar-refractivity contribution in [2.45, 2.75) is 25.8 Å². The van der Waals surface area contributed by atoms with Gasteiger partial charge in [0, 0.05) is 33.5 Å². The molecule has 5 rings (SSSR count). The molecule has 0 unspecified atom stereocenters. The van der Waals surface area contributed by atoms with Crippen LogP contribution in [-0.2, 0) is 0 Å². The molecule has 1 heterocycles. The topological polar surface area (TPSA) is 98.0 Å². The summed E-state index contributed by atoms with van der Waals surface area (Å²) in [6.07, 6.45) is 3.81. The second kappa shape index (κ2) is 7.89. The molecule has 0 aliphatic heterocycles. The molecule has 1 saturated carbocycles. The number of aryl methyl sites for hydroxylation is 1. The van der Waals surface area contributed by atoms with Crippen LogP contribution in [0, 0.1) is 6.92 Å². The molecule has 0 bridgehead atoms. The molecular formula is C26H22N4O2. The van der Waals surface area contributed by atoms with Gasteiger partial charge in [-0.15, -0.1) is 5.10 Å². The highest BCUT2D eigenvalue weighted by Gasteiger charge is 2.24. The number of amides is 2. The van der Waals surface area contributed by atoms with E-state index in [1.807, 2.05) is 55.5 Å². The molecule has 32 heavy (non-hydrogen) atoms. The standard InChI is InChI=1S/C26H22N4O2/c1-15-6-7-17(26(32)29-19-9-10-19)13-23(15)16-8-11-20-18(12-16)14-28-30-24(20)21-4-2-3-5-22(21)25(27)31/h2-8,11-14,19H,9-10H2,1H3,(H2,27,31)(H,29,32). The molecule has 0 atom stereocenters. The van der Waals surface area contributed by atoms with E-state index in [-0.39, 0.29) is 5.91 Å². The zero-order valence-corrected chi connectivity index (χ0v) is 17.6. The van der Waals surface area contributed by atoms with E-state index in [9.17, 15) is 9.59 Å². The van der Waals surface area contributed by atoms with Gasteiger partial charge < -0.3 is 11.1 Å². The lowest BCUT2D eigenvalue weighted by Crippen LogP contribution is -2.25. The van der Waals surface area contributed by atoms with E-state index < -0.39 is 5.91 Å². The van der Waals surface area contributed by atoms with Gasteiger partial charge in [0.1, 0.15) is 5.69 Å². The van der Waals surface area contributed by atoms with Crippen molar-refractivity contribution < 1.29 is 9.59 Å². The summed E-state index contributed by atoms with van der Waals surface area (Å²) < 4.78 is 0. The Bertz CT molecular complexity index is 1380. The number of aromatic nitrogens is 2. The monoisotopic (exact) mass is 422 g/mol. The highest BCUT2D eigenvalue weighted by Crippen LogP contribution is 2.33. The highest BCUT2D eigenvalue weighted by molar-refractivity contribution is 6.04. The van der Waals surface area contributed by atoms with Crippen molar-refractivity contribution in [3.8, 4) is 22.4 Å². The average Bonchev–Trinajstić information content (AvgIpc) is 3.62. The lowest BCUT2D eigenvalue weighted by molar-refractivity contribution is 0.0949. The Morgan fingerprint density at radius 3 is 2.59 bits per heavy atom. The molecule has 1 aliphatic rings. The molecule has 1 aliphatic carbocycles. The molecule has 3 aromatic carbocycles. The third-order valence-electron chi connectivity index (χ3n) is 5.83. The van der Waals surface area contributed by atoms with Crippen LogP contribution in [0.4, 0.5) is 0 Å². The first-order valence-electron chi connectivity index (χ1n) is 10.6. The van der Waals surface area contributed by atoms with Crippen LogP contribution >= 0.6 is 0 Å². The molecule has 3 N–H and O–H groups in total. The summed E-state index contributed by atoms with van der Waals surface area (Å²) in [5.41, 5.74) is 10.9. The SMILES string of the molecule is Cc1ccc(C(=O)NC2CC2)cc1-c1ccc2c(-c3ccccc3C(N)=O)nncc2c1. The van der Waals surface area contributed by atoms with Crippen LogP contribution in [0.5, 0.6) is 0 Å². The van der Waals surface area contributed by atoms with E-state index >= 15 is 0 Å². The number of primary amides is 1. The fourth-order valence-corrected chi connectivity index (χ4v) is 3.93. The van der Waals surface area contributed by atoms with Gasteiger partial charge >= 0.3 is 0 Å². The minimum Gasteiger partial charge on any atom is -0.366 e. The number of nitrogens with one attached hydrogen (secondary N) is 1. The smallest absolute Gasteiger partial charge is 0.251 e. The molecule has 1 aromatic heterocycles. The first kappa shape index (κ1) is 19.9.